The number of carbonyl (C=O) groups excluding carboxylic acids is 1. The molecule has 0 bridgehead atoms. The molecule has 0 aromatic rings. The van der Waals surface area contributed by atoms with Crippen molar-refractivity contribution in [3.63, 3.8) is 0 Å². The van der Waals surface area contributed by atoms with Gasteiger partial charge in [0, 0.05) is 38.5 Å². The van der Waals surface area contributed by atoms with Gasteiger partial charge in [-0.3, -0.25) is 9.69 Å². The van der Waals surface area contributed by atoms with Crippen molar-refractivity contribution in [2.75, 3.05) is 32.7 Å². The maximum atomic E-state index is 12.5. The van der Waals surface area contributed by atoms with Crippen LogP contribution in [0.1, 0.15) is 117 Å². The molecular weight excluding hydrogens is 380 g/mol. The minimum atomic E-state index is 0.401. The Balaban J connectivity index is 1.61. The van der Waals surface area contributed by atoms with Crippen molar-refractivity contribution in [2.45, 2.75) is 117 Å². The van der Waals surface area contributed by atoms with Gasteiger partial charge < -0.3 is 4.90 Å². The molecule has 31 heavy (non-hydrogen) atoms. The largest absolute Gasteiger partial charge is 0.343 e. The predicted molar refractivity (Wildman–Crippen MR) is 133 cm³/mol. The standard InChI is InChI=1S/C28H50N2O/c1-4-7-10-11-12-13-18-27(31)30-22-19-28(20-23-30)24-29(25-28)21-14-17-26(15-8-5-2)16-9-6-3/h26H,4-13,15-16,18-25H2,1-3H3. The molecule has 3 nitrogen and oxygen atoms in total. The molecule has 0 aliphatic carbocycles. The Hall–Kier alpha value is -1.01. The van der Waals surface area contributed by atoms with E-state index in [1.165, 1.54) is 96.6 Å². The van der Waals surface area contributed by atoms with Gasteiger partial charge in [0.2, 0.25) is 5.91 Å². The summed E-state index contributed by atoms with van der Waals surface area (Å²) < 4.78 is 0. The molecule has 178 valence electrons. The normalized spacial score (nSPS) is 18.1. The van der Waals surface area contributed by atoms with Crippen LogP contribution >= 0.6 is 0 Å². The Labute approximate surface area is 193 Å². The van der Waals surface area contributed by atoms with Crippen molar-refractivity contribution in [3.8, 4) is 11.8 Å². The Bertz CT molecular complexity index is 537. The number of hydrogen-bond acceptors (Lipinski definition) is 2. The van der Waals surface area contributed by atoms with Crippen LogP contribution in [-0.4, -0.2) is 48.4 Å². The summed E-state index contributed by atoms with van der Waals surface area (Å²) >= 11 is 0. The highest BCUT2D eigenvalue weighted by atomic mass is 16.2. The third-order valence-electron chi connectivity index (χ3n) is 7.46. The predicted octanol–water partition coefficient (Wildman–Crippen LogP) is 6.66. The van der Waals surface area contributed by atoms with E-state index >= 15 is 0 Å². The van der Waals surface area contributed by atoms with E-state index in [9.17, 15) is 4.79 Å². The minimum absolute atomic E-state index is 0.401. The monoisotopic (exact) mass is 430 g/mol. The Morgan fingerprint density at radius 1 is 0.839 bits per heavy atom. The highest BCUT2D eigenvalue weighted by Gasteiger charge is 2.44. The molecule has 2 rings (SSSR count). The molecule has 2 saturated heterocycles. The lowest BCUT2D eigenvalue weighted by atomic mass is 9.72. The van der Waals surface area contributed by atoms with Crippen LogP contribution in [-0.2, 0) is 4.79 Å². The minimum Gasteiger partial charge on any atom is -0.343 e. The average molecular weight is 431 g/mol. The summed E-state index contributed by atoms with van der Waals surface area (Å²) in [6.07, 6.45) is 18.4. The summed E-state index contributed by atoms with van der Waals surface area (Å²) in [4.78, 5) is 17.2. The van der Waals surface area contributed by atoms with Crippen molar-refractivity contribution >= 4 is 5.91 Å². The number of nitrogens with zero attached hydrogens (tertiary/aromatic N) is 2. The van der Waals surface area contributed by atoms with Gasteiger partial charge in [0.05, 0.1) is 6.54 Å². The molecular formula is C28H50N2O. The average Bonchev–Trinajstić information content (AvgIpc) is 2.76. The molecule has 3 heteroatoms. The zero-order valence-electron chi connectivity index (χ0n) is 21.0. The van der Waals surface area contributed by atoms with Crippen molar-refractivity contribution in [1.82, 2.24) is 9.80 Å². The van der Waals surface area contributed by atoms with Crippen molar-refractivity contribution in [3.05, 3.63) is 0 Å². The molecule has 0 N–H and O–H groups in total. The number of carbonyl (C=O) groups is 1. The summed E-state index contributed by atoms with van der Waals surface area (Å²) in [7, 11) is 0. The molecule has 0 aromatic carbocycles. The number of likely N-dealkylation sites (tertiary alicyclic amines) is 2. The third kappa shape index (κ3) is 9.56. The van der Waals surface area contributed by atoms with Crippen LogP contribution in [0.4, 0.5) is 0 Å². The second-order valence-corrected chi connectivity index (χ2v) is 10.3. The topological polar surface area (TPSA) is 23.6 Å². The molecule has 2 aliphatic heterocycles. The van der Waals surface area contributed by atoms with Crippen molar-refractivity contribution in [1.29, 1.82) is 0 Å². The number of piperidine rings is 1. The van der Waals surface area contributed by atoms with Crippen LogP contribution in [0.15, 0.2) is 0 Å². The van der Waals surface area contributed by atoms with Gasteiger partial charge in [-0.25, -0.2) is 0 Å². The van der Waals surface area contributed by atoms with Crippen molar-refractivity contribution < 1.29 is 4.79 Å². The smallest absolute Gasteiger partial charge is 0.222 e. The fraction of sp³-hybridized carbons (Fsp3) is 0.893. The molecule has 0 radical (unpaired) electrons. The lowest BCUT2D eigenvalue weighted by Gasteiger charge is -2.53. The molecule has 0 aromatic heterocycles. The van der Waals surface area contributed by atoms with E-state index in [0.717, 1.165) is 32.5 Å². The highest BCUT2D eigenvalue weighted by Crippen LogP contribution is 2.40. The summed E-state index contributed by atoms with van der Waals surface area (Å²) in [5.41, 5.74) is 0.475. The molecule has 0 atom stereocenters. The maximum absolute atomic E-state index is 12.5. The van der Waals surface area contributed by atoms with Crippen LogP contribution in [0.25, 0.3) is 0 Å². The third-order valence-corrected chi connectivity index (χ3v) is 7.46. The van der Waals surface area contributed by atoms with E-state index in [1.54, 1.807) is 0 Å². The Kier molecular flexibility index (Phi) is 12.6. The second kappa shape index (κ2) is 14.9. The SMILES string of the molecule is CCCCCCCCC(=O)N1CCC2(CC1)CN(CC#CC(CCCC)CCCC)C2. The zero-order valence-corrected chi connectivity index (χ0v) is 21.0. The van der Waals surface area contributed by atoms with Gasteiger partial charge in [0.1, 0.15) is 0 Å². The van der Waals surface area contributed by atoms with Gasteiger partial charge in [0.15, 0.2) is 0 Å². The summed E-state index contributed by atoms with van der Waals surface area (Å²) in [5, 5.41) is 0. The van der Waals surface area contributed by atoms with E-state index in [0.29, 0.717) is 17.2 Å². The van der Waals surface area contributed by atoms with E-state index in [-0.39, 0.29) is 0 Å². The molecule has 2 aliphatic rings. The zero-order chi connectivity index (χ0) is 22.4. The first-order valence-corrected chi connectivity index (χ1v) is 13.6. The lowest BCUT2D eigenvalue weighted by molar-refractivity contribution is -0.136. The van der Waals surface area contributed by atoms with Crippen LogP contribution in [0.3, 0.4) is 0 Å². The number of rotatable bonds is 14. The van der Waals surface area contributed by atoms with E-state index in [1.807, 2.05) is 0 Å². The van der Waals surface area contributed by atoms with E-state index in [4.69, 9.17) is 0 Å². The molecule has 1 amide bonds. The fourth-order valence-corrected chi connectivity index (χ4v) is 5.27. The van der Waals surface area contributed by atoms with Gasteiger partial charge in [0.25, 0.3) is 0 Å². The molecule has 0 saturated carbocycles. The quantitative estimate of drug-likeness (QED) is 0.227. The van der Waals surface area contributed by atoms with Crippen LogP contribution < -0.4 is 0 Å². The Morgan fingerprint density at radius 3 is 2.03 bits per heavy atom. The first-order valence-electron chi connectivity index (χ1n) is 13.6. The van der Waals surface area contributed by atoms with Crippen LogP contribution in [0, 0.1) is 23.2 Å². The van der Waals surface area contributed by atoms with Gasteiger partial charge in [-0.15, -0.1) is 0 Å². The summed E-state index contributed by atoms with van der Waals surface area (Å²) in [6.45, 7) is 12.1. The van der Waals surface area contributed by atoms with Gasteiger partial charge in [-0.05, 0) is 37.5 Å². The van der Waals surface area contributed by atoms with E-state index < -0.39 is 0 Å². The number of unbranched alkanes of at least 4 members (excludes halogenated alkanes) is 7. The van der Waals surface area contributed by atoms with Crippen LogP contribution in [0.2, 0.25) is 0 Å². The first-order chi connectivity index (χ1) is 15.1. The molecule has 2 fully saturated rings. The first kappa shape index (κ1) is 26.2. The van der Waals surface area contributed by atoms with Gasteiger partial charge in [-0.1, -0.05) is 90.4 Å². The van der Waals surface area contributed by atoms with Gasteiger partial charge in [-0.2, -0.15) is 0 Å². The molecule has 2 heterocycles. The second-order valence-electron chi connectivity index (χ2n) is 10.3. The maximum Gasteiger partial charge on any atom is 0.222 e. The van der Waals surface area contributed by atoms with Crippen molar-refractivity contribution in [2.24, 2.45) is 11.3 Å². The van der Waals surface area contributed by atoms with Crippen LogP contribution in [0.5, 0.6) is 0 Å². The summed E-state index contributed by atoms with van der Waals surface area (Å²) in [6, 6.07) is 0. The lowest BCUT2D eigenvalue weighted by Crippen LogP contribution is -2.60. The van der Waals surface area contributed by atoms with E-state index in [2.05, 4.69) is 42.4 Å². The van der Waals surface area contributed by atoms with Gasteiger partial charge >= 0.3 is 0 Å². The number of amides is 1. The fourth-order valence-electron chi connectivity index (χ4n) is 5.27. The highest BCUT2D eigenvalue weighted by molar-refractivity contribution is 5.76. The Morgan fingerprint density at radius 2 is 1.42 bits per heavy atom. The molecule has 0 unspecified atom stereocenters. The number of hydrogen-bond donors (Lipinski definition) is 0. The summed E-state index contributed by atoms with van der Waals surface area (Å²) in [5.74, 6) is 8.11. The molecule has 1 spiro atoms.